The molecule has 0 aliphatic carbocycles. The smallest absolute Gasteiger partial charge is 0.333 e. The zero-order chi connectivity index (χ0) is 29.8. The Bertz CT molecular complexity index is 1290. The molecule has 0 aromatic heterocycles. The summed E-state index contributed by atoms with van der Waals surface area (Å²) in [4.78, 5) is 26.0. The summed E-state index contributed by atoms with van der Waals surface area (Å²) in [6, 6.07) is 23.7. The van der Waals surface area contributed by atoms with E-state index in [2.05, 4.69) is 85.5 Å². The van der Waals surface area contributed by atoms with Crippen LogP contribution < -0.4 is 4.90 Å². The minimum Gasteiger partial charge on any atom is -0.462 e. The molecule has 41 heavy (non-hydrogen) atoms. The standard InChI is InChI=1S/C36H43NO4/c1-7-26(3)35(38)40-23-9-11-30-14-19-32(20-15-30)37(34-18-13-28(5)29(6)25-34)33-21-16-31(17-22-33)12-10-24-41-36(39)27(4)8-2/h7-8,13-22,25H,9-12,23-24H2,1-6H3/b26-7-,27-8-. The normalized spacial score (nSPS) is 11.8. The van der Waals surface area contributed by atoms with Crippen LogP contribution >= 0.6 is 0 Å². The van der Waals surface area contributed by atoms with E-state index in [1.54, 1.807) is 26.0 Å². The molecule has 0 bridgehead atoms. The van der Waals surface area contributed by atoms with E-state index in [9.17, 15) is 9.59 Å². The molecule has 0 radical (unpaired) electrons. The van der Waals surface area contributed by atoms with Crippen LogP contribution in [0.25, 0.3) is 0 Å². The largest absolute Gasteiger partial charge is 0.462 e. The molecule has 3 rings (SSSR count). The van der Waals surface area contributed by atoms with Gasteiger partial charge in [-0.2, -0.15) is 0 Å². The van der Waals surface area contributed by atoms with Crippen molar-refractivity contribution >= 4 is 29.0 Å². The fourth-order valence-corrected chi connectivity index (χ4v) is 4.28. The van der Waals surface area contributed by atoms with E-state index < -0.39 is 0 Å². The van der Waals surface area contributed by atoms with E-state index in [1.165, 1.54) is 22.3 Å². The van der Waals surface area contributed by atoms with Crippen molar-refractivity contribution in [1.82, 2.24) is 0 Å². The first-order valence-corrected chi connectivity index (χ1v) is 14.4. The predicted octanol–water partition coefficient (Wildman–Crippen LogP) is 8.66. The van der Waals surface area contributed by atoms with Crippen molar-refractivity contribution in [1.29, 1.82) is 0 Å². The minimum absolute atomic E-state index is 0.249. The van der Waals surface area contributed by atoms with Crippen molar-refractivity contribution in [3.05, 3.63) is 112 Å². The van der Waals surface area contributed by atoms with Gasteiger partial charge in [0, 0.05) is 28.2 Å². The molecular formula is C36H43NO4. The van der Waals surface area contributed by atoms with Gasteiger partial charge in [0.15, 0.2) is 0 Å². The number of allylic oxidation sites excluding steroid dienone is 2. The highest BCUT2D eigenvalue weighted by atomic mass is 16.5. The lowest BCUT2D eigenvalue weighted by Crippen LogP contribution is -2.11. The number of ether oxygens (including phenoxy) is 2. The van der Waals surface area contributed by atoms with Crippen LogP contribution in [0.5, 0.6) is 0 Å². The summed E-state index contributed by atoms with van der Waals surface area (Å²) in [7, 11) is 0. The highest BCUT2D eigenvalue weighted by molar-refractivity contribution is 5.88. The number of aryl methyl sites for hydroxylation is 4. The Labute approximate surface area is 245 Å². The lowest BCUT2D eigenvalue weighted by atomic mass is 10.1. The third-order valence-corrected chi connectivity index (χ3v) is 7.33. The van der Waals surface area contributed by atoms with Gasteiger partial charge in [-0.15, -0.1) is 0 Å². The fourth-order valence-electron chi connectivity index (χ4n) is 4.28. The number of carbonyl (C=O) groups is 2. The number of nitrogens with zero attached hydrogens (tertiary/aromatic N) is 1. The Kier molecular flexibility index (Phi) is 12.0. The predicted molar refractivity (Wildman–Crippen MR) is 168 cm³/mol. The van der Waals surface area contributed by atoms with Gasteiger partial charge in [0.05, 0.1) is 13.2 Å². The quantitative estimate of drug-likeness (QED) is 0.120. The Balaban J connectivity index is 1.70. The SMILES string of the molecule is C/C=C(/C)C(=O)OCCCc1ccc(N(c2ccc(CCCOC(=O)/C(C)=C\C)cc2)c2ccc(C)c(C)c2)cc1. The van der Waals surface area contributed by atoms with E-state index in [0.717, 1.165) is 42.7 Å². The van der Waals surface area contributed by atoms with Crippen LogP contribution in [0, 0.1) is 13.8 Å². The van der Waals surface area contributed by atoms with Crippen molar-refractivity contribution in [2.75, 3.05) is 18.1 Å². The maximum absolute atomic E-state index is 11.8. The van der Waals surface area contributed by atoms with Crippen LogP contribution in [0.3, 0.4) is 0 Å². The first-order chi connectivity index (χ1) is 19.7. The van der Waals surface area contributed by atoms with E-state index in [-0.39, 0.29) is 11.9 Å². The molecule has 5 heteroatoms. The third kappa shape index (κ3) is 9.21. The second kappa shape index (κ2) is 15.6. The van der Waals surface area contributed by atoms with Crippen LogP contribution in [0.15, 0.2) is 90.0 Å². The van der Waals surface area contributed by atoms with Crippen LogP contribution in [0.4, 0.5) is 17.1 Å². The number of rotatable bonds is 13. The molecule has 0 fully saturated rings. The number of hydrogen-bond donors (Lipinski definition) is 0. The third-order valence-electron chi connectivity index (χ3n) is 7.33. The molecule has 0 aliphatic heterocycles. The van der Waals surface area contributed by atoms with Gasteiger partial charge in [-0.05, 0) is 126 Å². The number of carbonyl (C=O) groups excluding carboxylic acids is 2. The first-order valence-electron chi connectivity index (χ1n) is 14.4. The molecule has 0 unspecified atom stereocenters. The Morgan fingerprint density at radius 1 is 0.634 bits per heavy atom. The van der Waals surface area contributed by atoms with Crippen molar-refractivity contribution < 1.29 is 19.1 Å². The Morgan fingerprint density at radius 3 is 1.44 bits per heavy atom. The second-order valence-corrected chi connectivity index (χ2v) is 10.4. The molecule has 0 atom stereocenters. The molecule has 0 spiro atoms. The van der Waals surface area contributed by atoms with Crippen molar-refractivity contribution in [3.63, 3.8) is 0 Å². The van der Waals surface area contributed by atoms with Gasteiger partial charge in [0.2, 0.25) is 0 Å². The highest BCUT2D eigenvalue weighted by Gasteiger charge is 2.14. The summed E-state index contributed by atoms with van der Waals surface area (Å²) in [6.07, 6.45) is 6.76. The average molecular weight is 554 g/mol. The summed E-state index contributed by atoms with van der Waals surface area (Å²) in [6.45, 7) is 12.3. The van der Waals surface area contributed by atoms with Gasteiger partial charge in [0.25, 0.3) is 0 Å². The van der Waals surface area contributed by atoms with Gasteiger partial charge < -0.3 is 14.4 Å². The lowest BCUT2D eigenvalue weighted by Gasteiger charge is -2.26. The average Bonchev–Trinajstić information content (AvgIpc) is 2.99. The number of esters is 2. The van der Waals surface area contributed by atoms with Crippen molar-refractivity contribution in [2.24, 2.45) is 0 Å². The molecule has 5 nitrogen and oxygen atoms in total. The summed E-state index contributed by atoms with van der Waals surface area (Å²) < 4.78 is 10.7. The zero-order valence-electron chi connectivity index (χ0n) is 25.3. The second-order valence-electron chi connectivity index (χ2n) is 10.4. The van der Waals surface area contributed by atoms with Gasteiger partial charge in [-0.1, -0.05) is 42.5 Å². The summed E-state index contributed by atoms with van der Waals surface area (Å²) >= 11 is 0. The molecule has 3 aromatic carbocycles. The molecule has 3 aromatic rings. The van der Waals surface area contributed by atoms with E-state index >= 15 is 0 Å². The van der Waals surface area contributed by atoms with Crippen LogP contribution in [-0.2, 0) is 31.9 Å². The molecule has 0 aliphatic rings. The molecule has 216 valence electrons. The molecule has 0 heterocycles. The molecule has 0 saturated carbocycles. The molecule has 0 amide bonds. The van der Waals surface area contributed by atoms with Gasteiger partial charge >= 0.3 is 11.9 Å². The Morgan fingerprint density at radius 2 is 1.05 bits per heavy atom. The topological polar surface area (TPSA) is 55.8 Å². The van der Waals surface area contributed by atoms with E-state index in [1.807, 2.05) is 13.8 Å². The zero-order valence-corrected chi connectivity index (χ0v) is 25.3. The lowest BCUT2D eigenvalue weighted by molar-refractivity contribution is -0.139. The summed E-state index contributed by atoms with van der Waals surface area (Å²) in [5.41, 5.74) is 9.43. The molecule has 0 N–H and O–H groups in total. The summed E-state index contributed by atoms with van der Waals surface area (Å²) in [5, 5.41) is 0. The van der Waals surface area contributed by atoms with Crippen LogP contribution in [-0.4, -0.2) is 25.2 Å². The van der Waals surface area contributed by atoms with Crippen molar-refractivity contribution in [2.45, 2.75) is 67.2 Å². The first kappa shape index (κ1) is 31.4. The Hall–Kier alpha value is -4.12. The summed E-state index contributed by atoms with van der Waals surface area (Å²) in [5.74, 6) is -0.498. The number of hydrogen-bond acceptors (Lipinski definition) is 5. The maximum Gasteiger partial charge on any atom is 0.333 e. The van der Waals surface area contributed by atoms with Gasteiger partial charge in [0.1, 0.15) is 0 Å². The van der Waals surface area contributed by atoms with Crippen LogP contribution in [0.1, 0.15) is 62.8 Å². The number of benzene rings is 3. The number of anilines is 3. The van der Waals surface area contributed by atoms with E-state index in [4.69, 9.17) is 9.47 Å². The fraction of sp³-hybridized carbons (Fsp3) is 0.333. The van der Waals surface area contributed by atoms with E-state index in [0.29, 0.717) is 24.4 Å². The van der Waals surface area contributed by atoms with Crippen molar-refractivity contribution in [3.8, 4) is 0 Å². The van der Waals surface area contributed by atoms with Gasteiger partial charge in [-0.25, -0.2) is 9.59 Å². The molecule has 0 saturated heterocycles. The maximum atomic E-state index is 11.8. The minimum atomic E-state index is -0.249. The highest BCUT2D eigenvalue weighted by Crippen LogP contribution is 2.35. The monoisotopic (exact) mass is 553 g/mol. The van der Waals surface area contributed by atoms with Gasteiger partial charge in [-0.3, -0.25) is 0 Å². The molecular weight excluding hydrogens is 510 g/mol. The van der Waals surface area contributed by atoms with Crippen LogP contribution in [0.2, 0.25) is 0 Å².